The number of benzene rings is 2. The van der Waals surface area contributed by atoms with Crippen molar-refractivity contribution in [1.29, 1.82) is 0 Å². The van der Waals surface area contributed by atoms with Crippen LogP contribution < -0.4 is 16.0 Å². The molecule has 1 saturated heterocycles. The van der Waals surface area contributed by atoms with Crippen LogP contribution in [0.3, 0.4) is 0 Å². The van der Waals surface area contributed by atoms with Gasteiger partial charge in [0.1, 0.15) is 17.3 Å². The van der Waals surface area contributed by atoms with E-state index < -0.39 is 11.7 Å². The van der Waals surface area contributed by atoms with Crippen LogP contribution in [0.5, 0.6) is 0 Å². The van der Waals surface area contributed by atoms with Crippen molar-refractivity contribution in [2.75, 3.05) is 18.4 Å². The molecule has 10 heteroatoms. The summed E-state index contributed by atoms with van der Waals surface area (Å²) in [6, 6.07) is 18.0. The predicted octanol–water partition coefficient (Wildman–Crippen LogP) is 4.07. The Morgan fingerprint density at radius 2 is 1.89 bits per heavy atom. The number of para-hydroxylation sites is 1. The average molecular weight is 505 g/mol. The first-order chi connectivity index (χ1) is 17.5. The van der Waals surface area contributed by atoms with Gasteiger partial charge in [0.25, 0.3) is 11.8 Å². The number of pyridine rings is 1. The van der Waals surface area contributed by atoms with E-state index in [4.69, 9.17) is 11.6 Å². The van der Waals surface area contributed by atoms with Crippen LogP contribution in [0.15, 0.2) is 72.9 Å². The van der Waals surface area contributed by atoms with E-state index in [0.29, 0.717) is 17.8 Å². The number of hydrogen-bond acceptors (Lipinski definition) is 5. The summed E-state index contributed by atoms with van der Waals surface area (Å²) >= 11 is 6.32. The lowest BCUT2D eigenvalue weighted by molar-refractivity contribution is 0.0933. The third kappa shape index (κ3) is 4.98. The molecule has 1 aliphatic heterocycles. The maximum Gasteiger partial charge on any atom is 0.272 e. The highest BCUT2D eigenvalue weighted by Crippen LogP contribution is 2.27. The van der Waals surface area contributed by atoms with Crippen LogP contribution in [-0.2, 0) is 0 Å². The first kappa shape index (κ1) is 23.7. The Balaban J connectivity index is 1.46. The number of hydrogen-bond donors (Lipinski definition) is 3. The summed E-state index contributed by atoms with van der Waals surface area (Å²) in [7, 11) is 0. The number of carbonyl (C=O) groups is 2. The molecule has 5 rings (SSSR count). The van der Waals surface area contributed by atoms with Crippen molar-refractivity contribution >= 4 is 29.2 Å². The largest absolute Gasteiger partial charge is 0.347 e. The highest BCUT2D eigenvalue weighted by Gasteiger charge is 2.23. The SMILES string of the molecule is O=C(N[C@H]1CCNC1)c1cc(NC(=O)c2cc(-c3ncccc3F)ccc2Cl)n(-c2ccccc2)n1. The quantitative estimate of drug-likeness (QED) is 0.367. The lowest BCUT2D eigenvalue weighted by atomic mass is 10.1. The van der Waals surface area contributed by atoms with Gasteiger partial charge in [-0.05, 0) is 49.4 Å². The summed E-state index contributed by atoms with van der Waals surface area (Å²) < 4.78 is 15.8. The molecule has 0 unspecified atom stereocenters. The van der Waals surface area contributed by atoms with Gasteiger partial charge in [-0.2, -0.15) is 5.10 Å². The molecule has 0 spiro atoms. The fraction of sp³-hybridized carbons (Fsp3) is 0.154. The minimum atomic E-state index is -0.540. The molecule has 1 aliphatic rings. The van der Waals surface area contributed by atoms with Gasteiger partial charge in [0, 0.05) is 30.4 Å². The van der Waals surface area contributed by atoms with Crippen molar-refractivity contribution in [1.82, 2.24) is 25.4 Å². The van der Waals surface area contributed by atoms with Gasteiger partial charge in [0.15, 0.2) is 5.69 Å². The number of nitrogens with one attached hydrogen (secondary N) is 3. The van der Waals surface area contributed by atoms with Gasteiger partial charge in [0.2, 0.25) is 0 Å². The Morgan fingerprint density at radius 3 is 2.64 bits per heavy atom. The lowest BCUT2D eigenvalue weighted by Crippen LogP contribution is -2.36. The maximum atomic E-state index is 14.3. The fourth-order valence-electron chi connectivity index (χ4n) is 4.01. The number of halogens is 2. The first-order valence-corrected chi connectivity index (χ1v) is 11.8. The van der Waals surface area contributed by atoms with Gasteiger partial charge >= 0.3 is 0 Å². The zero-order valence-electron chi connectivity index (χ0n) is 19.0. The van der Waals surface area contributed by atoms with Crippen LogP contribution in [0.2, 0.25) is 5.02 Å². The van der Waals surface area contributed by atoms with Gasteiger partial charge in [-0.25, -0.2) is 9.07 Å². The third-order valence-electron chi connectivity index (χ3n) is 5.82. The average Bonchev–Trinajstić information content (AvgIpc) is 3.55. The second-order valence-corrected chi connectivity index (χ2v) is 8.72. The van der Waals surface area contributed by atoms with Crippen molar-refractivity contribution in [3.8, 4) is 16.9 Å². The van der Waals surface area contributed by atoms with E-state index >= 15 is 0 Å². The Labute approximate surface area is 211 Å². The van der Waals surface area contributed by atoms with Crippen LogP contribution >= 0.6 is 11.6 Å². The molecule has 0 radical (unpaired) electrons. The van der Waals surface area contributed by atoms with E-state index in [1.165, 1.54) is 41.2 Å². The van der Waals surface area contributed by atoms with Gasteiger partial charge in [0.05, 0.1) is 16.3 Å². The smallest absolute Gasteiger partial charge is 0.272 e. The molecule has 0 bridgehead atoms. The molecule has 2 aromatic heterocycles. The summed E-state index contributed by atoms with van der Waals surface area (Å²) in [6.45, 7) is 1.54. The third-order valence-corrected chi connectivity index (χ3v) is 6.15. The van der Waals surface area contributed by atoms with Crippen molar-refractivity contribution in [3.05, 3.63) is 95.0 Å². The molecule has 182 valence electrons. The molecular weight excluding hydrogens is 483 g/mol. The second kappa shape index (κ2) is 10.3. The van der Waals surface area contributed by atoms with E-state index in [2.05, 4.69) is 26.0 Å². The molecule has 8 nitrogen and oxygen atoms in total. The molecule has 3 heterocycles. The first-order valence-electron chi connectivity index (χ1n) is 11.4. The van der Waals surface area contributed by atoms with Crippen LogP contribution in [0.1, 0.15) is 27.3 Å². The molecule has 36 heavy (non-hydrogen) atoms. The van der Waals surface area contributed by atoms with Crippen molar-refractivity contribution in [2.45, 2.75) is 12.5 Å². The molecule has 0 saturated carbocycles. The molecule has 2 aromatic carbocycles. The van der Waals surface area contributed by atoms with E-state index in [1.807, 2.05) is 30.3 Å². The van der Waals surface area contributed by atoms with Crippen LogP contribution in [0, 0.1) is 5.82 Å². The fourth-order valence-corrected chi connectivity index (χ4v) is 4.22. The van der Waals surface area contributed by atoms with E-state index in [1.54, 1.807) is 6.07 Å². The van der Waals surface area contributed by atoms with Crippen molar-refractivity contribution in [2.24, 2.45) is 0 Å². The normalized spacial score (nSPS) is 15.0. The maximum absolute atomic E-state index is 14.3. The summed E-state index contributed by atoms with van der Waals surface area (Å²) in [5, 5.41) is 13.6. The summed E-state index contributed by atoms with van der Waals surface area (Å²) in [5.41, 5.74) is 1.46. The molecule has 2 amide bonds. The van der Waals surface area contributed by atoms with E-state index in [0.717, 1.165) is 13.0 Å². The number of amides is 2. The molecular formula is C26H22ClFN6O2. The minimum Gasteiger partial charge on any atom is -0.347 e. The van der Waals surface area contributed by atoms with Crippen LogP contribution in [0.4, 0.5) is 10.2 Å². The number of rotatable bonds is 6. The lowest BCUT2D eigenvalue weighted by Gasteiger charge is -2.11. The minimum absolute atomic E-state index is 0.0194. The summed E-state index contributed by atoms with van der Waals surface area (Å²) in [4.78, 5) is 30.2. The molecule has 4 aromatic rings. The highest BCUT2D eigenvalue weighted by molar-refractivity contribution is 6.34. The van der Waals surface area contributed by atoms with Crippen LogP contribution in [-0.4, -0.2) is 45.7 Å². The zero-order valence-corrected chi connectivity index (χ0v) is 19.8. The molecule has 3 N–H and O–H groups in total. The Kier molecular flexibility index (Phi) is 6.75. The Morgan fingerprint density at radius 1 is 1.06 bits per heavy atom. The zero-order chi connectivity index (χ0) is 25.1. The van der Waals surface area contributed by atoms with Gasteiger partial charge in [-0.15, -0.1) is 0 Å². The standard InChI is InChI=1S/C26H22ClFN6O2/c27-20-9-8-16(24-21(28)7-4-11-30-24)13-19(20)25(35)32-23-14-22(26(36)31-17-10-12-29-15-17)33-34(23)18-5-2-1-3-6-18/h1-9,11,13-14,17,29H,10,12,15H2,(H,31,36)(H,32,35)/t17-/m0/s1. The predicted molar refractivity (Wildman–Crippen MR) is 135 cm³/mol. The van der Waals surface area contributed by atoms with Crippen LogP contribution in [0.25, 0.3) is 16.9 Å². The summed E-state index contributed by atoms with van der Waals surface area (Å²) in [6.07, 6.45) is 2.31. The van der Waals surface area contributed by atoms with E-state index in [9.17, 15) is 14.0 Å². The molecule has 0 aliphatic carbocycles. The Hall–Kier alpha value is -4.08. The van der Waals surface area contributed by atoms with Gasteiger partial charge in [-0.1, -0.05) is 35.9 Å². The van der Waals surface area contributed by atoms with Gasteiger partial charge < -0.3 is 16.0 Å². The molecule has 1 fully saturated rings. The van der Waals surface area contributed by atoms with E-state index in [-0.39, 0.29) is 39.7 Å². The van der Waals surface area contributed by atoms with Crippen molar-refractivity contribution < 1.29 is 14.0 Å². The topological polar surface area (TPSA) is 101 Å². The molecule has 1 atom stereocenters. The Bertz CT molecular complexity index is 1420. The highest BCUT2D eigenvalue weighted by atomic mass is 35.5. The number of aromatic nitrogens is 3. The number of nitrogens with zero attached hydrogens (tertiary/aromatic N) is 3. The number of carbonyl (C=O) groups excluding carboxylic acids is 2. The van der Waals surface area contributed by atoms with Gasteiger partial charge in [-0.3, -0.25) is 14.6 Å². The monoisotopic (exact) mass is 504 g/mol. The van der Waals surface area contributed by atoms with Crippen molar-refractivity contribution in [3.63, 3.8) is 0 Å². The second-order valence-electron chi connectivity index (χ2n) is 8.31. The number of anilines is 1. The summed E-state index contributed by atoms with van der Waals surface area (Å²) in [5.74, 6) is -1.10.